The summed E-state index contributed by atoms with van der Waals surface area (Å²) < 4.78 is 0. The second-order valence-corrected chi connectivity index (χ2v) is 5.14. The third kappa shape index (κ3) is 3.51. The van der Waals surface area contributed by atoms with Crippen LogP contribution >= 0.6 is 22.9 Å². The summed E-state index contributed by atoms with van der Waals surface area (Å²) in [7, 11) is 0. The van der Waals surface area contributed by atoms with Crippen molar-refractivity contribution in [2.24, 2.45) is 0 Å². The summed E-state index contributed by atoms with van der Waals surface area (Å²) in [6.07, 6.45) is 2.65. The lowest BCUT2D eigenvalue weighted by Crippen LogP contribution is -2.02. The quantitative estimate of drug-likeness (QED) is 0.857. The van der Waals surface area contributed by atoms with Crippen molar-refractivity contribution in [1.82, 2.24) is 9.97 Å². The lowest BCUT2D eigenvalue weighted by atomic mass is 10.2. The summed E-state index contributed by atoms with van der Waals surface area (Å²) >= 11 is 7.65. The number of carboxylic acid groups (broad SMARTS) is 1. The number of halogens is 1. The van der Waals surface area contributed by atoms with Gasteiger partial charge in [0.1, 0.15) is 11.0 Å². The van der Waals surface area contributed by atoms with E-state index in [1.54, 1.807) is 17.5 Å². The number of hydrogen-bond acceptors (Lipinski definition) is 4. The lowest BCUT2D eigenvalue weighted by Gasteiger charge is -2.03. The van der Waals surface area contributed by atoms with E-state index in [4.69, 9.17) is 16.7 Å². The van der Waals surface area contributed by atoms with Gasteiger partial charge in [-0.3, -0.25) is 4.79 Å². The Balaban J connectivity index is 2.07. The number of carbonyl (C=O) groups is 1. The van der Waals surface area contributed by atoms with Crippen LogP contribution in [-0.4, -0.2) is 21.0 Å². The highest BCUT2D eigenvalue weighted by atomic mass is 35.5. The van der Waals surface area contributed by atoms with Gasteiger partial charge in [0.05, 0.1) is 0 Å². The maximum atomic E-state index is 10.5. The first kappa shape index (κ1) is 13.0. The van der Waals surface area contributed by atoms with Crippen LogP contribution in [0.4, 0.5) is 0 Å². The molecule has 0 spiro atoms. The molecule has 18 heavy (non-hydrogen) atoms. The van der Waals surface area contributed by atoms with E-state index >= 15 is 0 Å². The second-order valence-electron chi connectivity index (χ2n) is 3.75. The van der Waals surface area contributed by atoms with Gasteiger partial charge in [-0.15, -0.1) is 11.3 Å². The van der Waals surface area contributed by atoms with Crippen LogP contribution in [0.1, 0.15) is 22.7 Å². The summed E-state index contributed by atoms with van der Waals surface area (Å²) in [5.41, 5.74) is 0.675. The number of aryl methyl sites for hydroxylation is 1. The average molecular weight is 283 g/mol. The van der Waals surface area contributed by atoms with Crippen LogP contribution in [0.25, 0.3) is 0 Å². The molecule has 0 atom stereocenters. The fourth-order valence-corrected chi connectivity index (χ4v) is 2.43. The van der Waals surface area contributed by atoms with Gasteiger partial charge in [0.15, 0.2) is 0 Å². The molecule has 2 aromatic heterocycles. The van der Waals surface area contributed by atoms with Gasteiger partial charge in [-0.2, -0.15) is 0 Å². The monoisotopic (exact) mass is 282 g/mol. The van der Waals surface area contributed by atoms with Crippen molar-refractivity contribution >= 4 is 28.9 Å². The SMILES string of the molecule is O=C(O)CCc1cnc(Cc2cccs2)nc1Cl. The van der Waals surface area contributed by atoms with Crippen LogP contribution in [0.3, 0.4) is 0 Å². The molecule has 0 aliphatic heterocycles. The number of hydrogen-bond donors (Lipinski definition) is 1. The van der Waals surface area contributed by atoms with Gasteiger partial charge in [0.25, 0.3) is 0 Å². The topological polar surface area (TPSA) is 63.1 Å². The van der Waals surface area contributed by atoms with E-state index in [0.29, 0.717) is 29.4 Å². The van der Waals surface area contributed by atoms with Crippen LogP contribution in [0.5, 0.6) is 0 Å². The summed E-state index contributed by atoms with van der Waals surface area (Å²) in [5.74, 6) is -0.199. The molecule has 0 saturated heterocycles. The summed E-state index contributed by atoms with van der Waals surface area (Å²) in [6, 6.07) is 3.99. The molecule has 0 fully saturated rings. The molecule has 2 heterocycles. The van der Waals surface area contributed by atoms with E-state index in [9.17, 15) is 4.79 Å². The molecule has 0 radical (unpaired) electrons. The molecule has 0 aromatic carbocycles. The van der Waals surface area contributed by atoms with Crippen molar-refractivity contribution in [3.05, 3.63) is 45.1 Å². The maximum Gasteiger partial charge on any atom is 0.303 e. The standard InChI is InChI=1S/C12H11ClN2O2S/c13-12-8(3-4-11(16)17)7-14-10(15-12)6-9-2-1-5-18-9/h1-2,5,7H,3-4,6H2,(H,16,17). The van der Waals surface area contributed by atoms with Gasteiger partial charge in [0, 0.05) is 29.5 Å². The van der Waals surface area contributed by atoms with Crippen LogP contribution < -0.4 is 0 Å². The number of nitrogens with zero attached hydrogens (tertiary/aromatic N) is 2. The Hall–Kier alpha value is -1.46. The minimum absolute atomic E-state index is 0.0351. The lowest BCUT2D eigenvalue weighted by molar-refractivity contribution is -0.136. The molecule has 0 amide bonds. The molecule has 4 nitrogen and oxygen atoms in total. The second kappa shape index (κ2) is 5.93. The van der Waals surface area contributed by atoms with Gasteiger partial charge in [0.2, 0.25) is 0 Å². The Morgan fingerprint density at radius 3 is 2.94 bits per heavy atom. The van der Waals surface area contributed by atoms with Crippen molar-refractivity contribution < 1.29 is 9.90 Å². The van der Waals surface area contributed by atoms with Crippen LogP contribution in [0.15, 0.2) is 23.7 Å². The molecule has 94 valence electrons. The first-order chi connectivity index (χ1) is 8.65. The normalized spacial score (nSPS) is 10.5. The molecule has 0 aliphatic carbocycles. The number of aromatic nitrogens is 2. The van der Waals surface area contributed by atoms with Crippen LogP contribution in [0, 0.1) is 0 Å². The number of rotatable bonds is 5. The Bertz CT molecular complexity index is 543. The summed E-state index contributed by atoms with van der Waals surface area (Å²) in [4.78, 5) is 20.1. The largest absolute Gasteiger partial charge is 0.481 e. The highest BCUT2D eigenvalue weighted by Gasteiger charge is 2.08. The van der Waals surface area contributed by atoms with Crippen molar-refractivity contribution in [2.45, 2.75) is 19.3 Å². The third-order valence-electron chi connectivity index (χ3n) is 2.38. The van der Waals surface area contributed by atoms with Gasteiger partial charge >= 0.3 is 5.97 Å². The molecule has 2 rings (SSSR count). The zero-order chi connectivity index (χ0) is 13.0. The summed E-state index contributed by atoms with van der Waals surface area (Å²) in [5, 5.41) is 11.0. The highest BCUT2D eigenvalue weighted by molar-refractivity contribution is 7.09. The van der Waals surface area contributed by atoms with E-state index in [0.717, 1.165) is 0 Å². The minimum Gasteiger partial charge on any atom is -0.481 e. The predicted molar refractivity (Wildman–Crippen MR) is 70.1 cm³/mol. The Kier molecular flexibility index (Phi) is 4.28. The zero-order valence-electron chi connectivity index (χ0n) is 9.47. The molecule has 0 saturated carbocycles. The molecular formula is C12H11ClN2O2S. The third-order valence-corrected chi connectivity index (χ3v) is 3.59. The number of carboxylic acids is 1. The Labute approximate surface area is 113 Å². The Morgan fingerprint density at radius 1 is 1.50 bits per heavy atom. The van der Waals surface area contributed by atoms with Gasteiger partial charge in [-0.05, 0) is 17.9 Å². The molecule has 1 N–H and O–H groups in total. The minimum atomic E-state index is -0.853. The molecular weight excluding hydrogens is 272 g/mol. The first-order valence-corrected chi connectivity index (χ1v) is 6.65. The molecule has 0 bridgehead atoms. The van der Waals surface area contributed by atoms with Crippen molar-refractivity contribution in [3.63, 3.8) is 0 Å². The fraction of sp³-hybridized carbons (Fsp3) is 0.250. The molecule has 2 aromatic rings. The number of thiophene rings is 1. The van der Waals surface area contributed by atoms with Crippen molar-refractivity contribution in [3.8, 4) is 0 Å². The predicted octanol–water partition coefficient (Wildman–Crippen LogP) is 2.80. The van der Waals surface area contributed by atoms with E-state index in [-0.39, 0.29) is 6.42 Å². The first-order valence-electron chi connectivity index (χ1n) is 5.39. The van der Waals surface area contributed by atoms with E-state index in [1.165, 1.54) is 4.88 Å². The highest BCUT2D eigenvalue weighted by Crippen LogP contribution is 2.17. The average Bonchev–Trinajstić information content (AvgIpc) is 2.80. The van der Waals surface area contributed by atoms with Crippen molar-refractivity contribution in [2.75, 3.05) is 0 Å². The maximum absolute atomic E-state index is 10.5. The Morgan fingerprint density at radius 2 is 2.33 bits per heavy atom. The zero-order valence-corrected chi connectivity index (χ0v) is 11.0. The number of aliphatic carboxylic acids is 1. The van der Waals surface area contributed by atoms with Crippen LogP contribution in [0.2, 0.25) is 5.15 Å². The van der Waals surface area contributed by atoms with E-state index in [1.807, 2.05) is 17.5 Å². The molecule has 0 aliphatic rings. The van der Waals surface area contributed by atoms with E-state index < -0.39 is 5.97 Å². The van der Waals surface area contributed by atoms with Gasteiger partial charge in [-0.1, -0.05) is 17.7 Å². The summed E-state index contributed by atoms with van der Waals surface area (Å²) in [6.45, 7) is 0. The van der Waals surface area contributed by atoms with Gasteiger partial charge < -0.3 is 5.11 Å². The van der Waals surface area contributed by atoms with Crippen molar-refractivity contribution in [1.29, 1.82) is 0 Å². The van der Waals surface area contributed by atoms with Gasteiger partial charge in [-0.25, -0.2) is 9.97 Å². The van der Waals surface area contributed by atoms with Crippen LogP contribution in [-0.2, 0) is 17.6 Å². The smallest absolute Gasteiger partial charge is 0.303 e. The van der Waals surface area contributed by atoms with E-state index in [2.05, 4.69) is 9.97 Å². The molecule has 0 unspecified atom stereocenters. The molecule has 6 heteroatoms. The fourth-order valence-electron chi connectivity index (χ4n) is 1.48.